The van der Waals surface area contributed by atoms with Crippen molar-refractivity contribution in [3.05, 3.63) is 45.6 Å². The second-order valence-electron chi connectivity index (χ2n) is 5.12. The molecule has 106 valence electrons. The monoisotopic (exact) mass is 289 g/mol. The van der Waals surface area contributed by atoms with Crippen LogP contribution in [0.25, 0.3) is 0 Å². The van der Waals surface area contributed by atoms with Crippen molar-refractivity contribution in [2.75, 3.05) is 7.11 Å². The Bertz CT molecular complexity index is 594. The Morgan fingerprint density at radius 2 is 2.30 bits per heavy atom. The van der Waals surface area contributed by atoms with Crippen LogP contribution in [0, 0.1) is 0 Å². The van der Waals surface area contributed by atoms with E-state index in [-0.39, 0.29) is 0 Å². The number of methoxy groups -OCH3 is 1. The third-order valence-electron chi connectivity index (χ3n) is 3.88. The topological polar surface area (TPSA) is 41.5 Å². The summed E-state index contributed by atoms with van der Waals surface area (Å²) >= 11 is 1.85. The molecule has 1 heterocycles. The van der Waals surface area contributed by atoms with Crippen molar-refractivity contribution in [2.45, 2.75) is 31.8 Å². The Balaban J connectivity index is 1.72. The number of benzene rings is 1. The van der Waals surface area contributed by atoms with Crippen molar-refractivity contribution >= 4 is 11.3 Å². The largest absolute Gasteiger partial charge is 0.508 e. The first-order valence-electron chi connectivity index (χ1n) is 6.93. The molecule has 3 rings (SSSR count). The van der Waals surface area contributed by atoms with Crippen molar-refractivity contribution in [3.8, 4) is 11.5 Å². The zero-order chi connectivity index (χ0) is 13.9. The van der Waals surface area contributed by atoms with Gasteiger partial charge in [0.25, 0.3) is 0 Å². The molecule has 2 aromatic rings. The number of phenolic OH excluding ortho intramolecular Hbond substituents is 1. The third-order valence-corrected chi connectivity index (χ3v) is 4.87. The number of nitrogens with one attached hydrogen (secondary N) is 1. The fourth-order valence-corrected chi connectivity index (χ4v) is 3.75. The highest BCUT2D eigenvalue weighted by atomic mass is 32.1. The molecular formula is C16H19NO2S. The van der Waals surface area contributed by atoms with Gasteiger partial charge in [-0.25, -0.2) is 0 Å². The van der Waals surface area contributed by atoms with Gasteiger partial charge in [-0.05, 0) is 54.5 Å². The Kier molecular flexibility index (Phi) is 3.94. The predicted octanol–water partition coefficient (Wildman–Crippen LogP) is 3.63. The summed E-state index contributed by atoms with van der Waals surface area (Å²) in [4.78, 5) is 1.50. The van der Waals surface area contributed by atoms with E-state index in [0.717, 1.165) is 17.7 Å². The summed E-state index contributed by atoms with van der Waals surface area (Å²) in [5, 5.41) is 15.7. The molecule has 1 unspecified atom stereocenters. The van der Waals surface area contributed by atoms with E-state index < -0.39 is 0 Å². The van der Waals surface area contributed by atoms with E-state index >= 15 is 0 Å². The van der Waals surface area contributed by atoms with Crippen LogP contribution < -0.4 is 10.1 Å². The van der Waals surface area contributed by atoms with Crippen LogP contribution in [0.3, 0.4) is 0 Å². The molecule has 20 heavy (non-hydrogen) atoms. The molecular weight excluding hydrogens is 270 g/mol. The smallest absolute Gasteiger partial charge is 0.120 e. The standard InChI is InChI=1S/C16H19NO2S/c1-19-12-5-6-15(18)11(9-12)10-17-14-3-2-4-16-13(14)7-8-20-16/h5-9,14,17-18H,2-4,10H2,1H3. The van der Waals surface area contributed by atoms with E-state index in [2.05, 4.69) is 16.8 Å². The molecule has 0 bridgehead atoms. The summed E-state index contributed by atoms with van der Waals surface area (Å²) in [6.07, 6.45) is 3.60. The van der Waals surface area contributed by atoms with Crippen LogP contribution in [0.15, 0.2) is 29.6 Å². The van der Waals surface area contributed by atoms with Crippen LogP contribution in [0.5, 0.6) is 11.5 Å². The van der Waals surface area contributed by atoms with Crippen LogP contribution in [0.2, 0.25) is 0 Å². The molecule has 0 amide bonds. The van der Waals surface area contributed by atoms with Gasteiger partial charge in [-0.1, -0.05) is 0 Å². The predicted molar refractivity (Wildman–Crippen MR) is 81.5 cm³/mol. The van der Waals surface area contributed by atoms with Crippen molar-refractivity contribution < 1.29 is 9.84 Å². The van der Waals surface area contributed by atoms with Gasteiger partial charge < -0.3 is 15.2 Å². The molecule has 2 N–H and O–H groups in total. The lowest BCUT2D eigenvalue weighted by Gasteiger charge is -2.24. The number of fused-ring (bicyclic) bond motifs is 1. The number of aromatic hydroxyl groups is 1. The van der Waals surface area contributed by atoms with Gasteiger partial charge in [0, 0.05) is 23.0 Å². The molecule has 1 atom stereocenters. The normalized spacial score (nSPS) is 17.8. The Morgan fingerprint density at radius 3 is 3.15 bits per heavy atom. The second kappa shape index (κ2) is 5.85. The fourth-order valence-electron chi connectivity index (χ4n) is 2.76. The van der Waals surface area contributed by atoms with Gasteiger partial charge in [0.15, 0.2) is 0 Å². The summed E-state index contributed by atoms with van der Waals surface area (Å²) in [6.45, 7) is 0.656. The SMILES string of the molecule is COc1ccc(O)c(CNC2CCCc3sccc32)c1. The van der Waals surface area contributed by atoms with E-state index in [4.69, 9.17) is 4.74 Å². The Hall–Kier alpha value is -1.52. The number of thiophene rings is 1. The summed E-state index contributed by atoms with van der Waals surface area (Å²) in [5.41, 5.74) is 2.32. The molecule has 0 saturated carbocycles. The first kappa shape index (κ1) is 13.5. The van der Waals surface area contributed by atoms with Gasteiger partial charge in [-0.15, -0.1) is 11.3 Å². The van der Waals surface area contributed by atoms with E-state index in [1.165, 1.54) is 23.3 Å². The first-order chi connectivity index (χ1) is 9.78. The van der Waals surface area contributed by atoms with Crippen molar-refractivity contribution in [2.24, 2.45) is 0 Å². The average Bonchev–Trinajstić information content (AvgIpc) is 2.95. The lowest BCUT2D eigenvalue weighted by molar-refractivity contribution is 0.407. The van der Waals surface area contributed by atoms with Gasteiger partial charge in [-0.3, -0.25) is 0 Å². The minimum absolute atomic E-state index is 0.319. The number of rotatable bonds is 4. The molecule has 0 fully saturated rings. The van der Waals surface area contributed by atoms with Crippen LogP contribution in [0.1, 0.15) is 34.9 Å². The fraction of sp³-hybridized carbons (Fsp3) is 0.375. The number of phenols is 1. The lowest BCUT2D eigenvalue weighted by atomic mass is 9.94. The summed E-state index contributed by atoms with van der Waals surface area (Å²) in [6, 6.07) is 7.97. The van der Waals surface area contributed by atoms with Gasteiger partial charge in [0.1, 0.15) is 11.5 Å². The minimum Gasteiger partial charge on any atom is -0.508 e. The maximum absolute atomic E-state index is 9.92. The van der Waals surface area contributed by atoms with Gasteiger partial charge in [-0.2, -0.15) is 0 Å². The molecule has 1 aliphatic carbocycles. The Labute approximate surface area is 123 Å². The van der Waals surface area contributed by atoms with Crippen LogP contribution >= 0.6 is 11.3 Å². The summed E-state index contributed by atoms with van der Waals surface area (Å²) in [7, 11) is 1.64. The van der Waals surface area contributed by atoms with Crippen LogP contribution in [0.4, 0.5) is 0 Å². The molecule has 0 spiro atoms. The van der Waals surface area contributed by atoms with Gasteiger partial charge in [0.05, 0.1) is 7.11 Å². The van der Waals surface area contributed by atoms with Crippen molar-refractivity contribution in [1.82, 2.24) is 5.32 Å². The number of aryl methyl sites for hydroxylation is 1. The number of ether oxygens (including phenoxy) is 1. The van der Waals surface area contributed by atoms with E-state index in [1.807, 2.05) is 17.4 Å². The van der Waals surface area contributed by atoms with Crippen molar-refractivity contribution in [1.29, 1.82) is 0 Å². The summed E-state index contributed by atoms with van der Waals surface area (Å²) in [5.74, 6) is 1.10. The van der Waals surface area contributed by atoms with Crippen LogP contribution in [-0.2, 0) is 13.0 Å². The highest BCUT2D eigenvalue weighted by Crippen LogP contribution is 2.34. The maximum atomic E-state index is 9.92. The summed E-state index contributed by atoms with van der Waals surface area (Å²) < 4.78 is 5.21. The molecule has 1 aliphatic rings. The maximum Gasteiger partial charge on any atom is 0.120 e. The average molecular weight is 289 g/mol. The van der Waals surface area contributed by atoms with Gasteiger partial charge >= 0.3 is 0 Å². The van der Waals surface area contributed by atoms with Gasteiger partial charge in [0.2, 0.25) is 0 Å². The molecule has 1 aromatic carbocycles. The number of hydrogen-bond acceptors (Lipinski definition) is 4. The molecule has 0 aliphatic heterocycles. The molecule has 4 heteroatoms. The van der Waals surface area contributed by atoms with E-state index in [1.54, 1.807) is 19.2 Å². The number of hydrogen-bond donors (Lipinski definition) is 2. The quantitative estimate of drug-likeness (QED) is 0.903. The highest BCUT2D eigenvalue weighted by Gasteiger charge is 2.20. The van der Waals surface area contributed by atoms with E-state index in [9.17, 15) is 5.11 Å². The second-order valence-corrected chi connectivity index (χ2v) is 6.12. The van der Waals surface area contributed by atoms with E-state index in [0.29, 0.717) is 18.3 Å². The zero-order valence-electron chi connectivity index (χ0n) is 11.6. The zero-order valence-corrected chi connectivity index (χ0v) is 12.4. The molecule has 1 aromatic heterocycles. The van der Waals surface area contributed by atoms with Crippen LogP contribution in [-0.4, -0.2) is 12.2 Å². The Morgan fingerprint density at radius 1 is 1.40 bits per heavy atom. The highest BCUT2D eigenvalue weighted by molar-refractivity contribution is 7.10. The van der Waals surface area contributed by atoms with Crippen molar-refractivity contribution in [3.63, 3.8) is 0 Å². The molecule has 0 saturated heterocycles. The lowest BCUT2D eigenvalue weighted by Crippen LogP contribution is -2.23. The first-order valence-corrected chi connectivity index (χ1v) is 7.81. The minimum atomic E-state index is 0.319. The molecule has 0 radical (unpaired) electrons. The third kappa shape index (κ3) is 2.67. The molecule has 3 nitrogen and oxygen atoms in total.